The van der Waals surface area contributed by atoms with Crippen molar-refractivity contribution in [3.63, 3.8) is 0 Å². The molecule has 0 fully saturated rings. The van der Waals surface area contributed by atoms with Crippen LogP contribution in [-0.4, -0.2) is 6.54 Å². The van der Waals surface area contributed by atoms with Crippen LogP contribution in [0.2, 0.25) is 0 Å². The summed E-state index contributed by atoms with van der Waals surface area (Å²) in [6.45, 7) is 5.71. The molecule has 2 nitrogen and oxygen atoms in total. The van der Waals surface area contributed by atoms with Crippen molar-refractivity contribution in [2.24, 2.45) is 0 Å². The Hall–Kier alpha value is -1.87. The smallest absolute Gasteiger partial charge is 0.165 e. The summed E-state index contributed by atoms with van der Waals surface area (Å²) in [4.78, 5) is 0. The third kappa shape index (κ3) is 3.55. The second-order valence-corrected chi connectivity index (χ2v) is 4.41. The molecule has 2 aromatic rings. The van der Waals surface area contributed by atoms with E-state index in [0.29, 0.717) is 5.75 Å². The summed E-state index contributed by atoms with van der Waals surface area (Å²) in [5, 5.41) is 3.26. The quantitative estimate of drug-likeness (QED) is 0.875. The van der Waals surface area contributed by atoms with Gasteiger partial charge in [0.1, 0.15) is 5.75 Å². The largest absolute Gasteiger partial charge is 0.454 e. The van der Waals surface area contributed by atoms with E-state index >= 15 is 0 Å². The van der Waals surface area contributed by atoms with Crippen molar-refractivity contribution >= 4 is 0 Å². The van der Waals surface area contributed by atoms with Gasteiger partial charge >= 0.3 is 0 Å². The molecular weight excluding hydrogens is 241 g/mol. The van der Waals surface area contributed by atoms with E-state index < -0.39 is 0 Å². The molecule has 0 aliphatic carbocycles. The minimum Gasteiger partial charge on any atom is -0.454 e. The molecule has 0 atom stereocenters. The van der Waals surface area contributed by atoms with E-state index in [2.05, 4.69) is 12.2 Å². The van der Waals surface area contributed by atoms with Crippen molar-refractivity contribution in [1.29, 1.82) is 0 Å². The summed E-state index contributed by atoms with van der Waals surface area (Å²) in [7, 11) is 0. The SMILES string of the molecule is CCNCc1ccc(C)c(Oc2ccccc2F)c1. The second-order valence-electron chi connectivity index (χ2n) is 4.41. The Morgan fingerprint density at radius 1 is 1.11 bits per heavy atom. The molecule has 1 N–H and O–H groups in total. The zero-order valence-electron chi connectivity index (χ0n) is 11.2. The van der Waals surface area contributed by atoms with Crippen LogP contribution in [0.5, 0.6) is 11.5 Å². The first-order valence-corrected chi connectivity index (χ1v) is 6.43. The van der Waals surface area contributed by atoms with Crippen molar-refractivity contribution in [2.75, 3.05) is 6.54 Å². The number of rotatable bonds is 5. The fourth-order valence-electron chi connectivity index (χ4n) is 1.78. The number of benzene rings is 2. The van der Waals surface area contributed by atoms with Gasteiger partial charge in [0.15, 0.2) is 11.6 Å². The van der Waals surface area contributed by atoms with Crippen LogP contribution < -0.4 is 10.1 Å². The Bertz CT molecular complexity index is 554. The first kappa shape index (κ1) is 13.6. The lowest BCUT2D eigenvalue weighted by Crippen LogP contribution is -2.11. The number of hydrogen-bond acceptors (Lipinski definition) is 2. The predicted octanol–water partition coefficient (Wildman–Crippen LogP) is 4.04. The lowest BCUT2D eigenvalue weighted by molar-refractivity contribution is 0.439. The molecule has 3 heteroatoms. The fraction of sp³-hybridized carbons (Fsp3) is 0.250. The van der Waals surface area contributed by atoms with E-state index in [1.807, 2.05) is 25.1 Å². The predicted molar refractivity (Wildman–Crippen MR) is 75.0 cm³/mol. The maximum atomic E-state index is 13.6. The molecule has 0 aromatic heterocycles. The minimum absolute atomic E-state index is 0.256. The molecule has 0 saturated heterocycles. The number of hydrogen-bond donors (Lipinski definition) is 1. The maximum absolute atomic E-state index is 13.6. The molecule has 0 aliphatic rings. The van der Waals surface area contributed by atoms with Crippen molar-refractivity contribution in [3.8, 4) is 11.5 Å². The van der Waals surface area contributed by atoms with E-state index in [1.165, 1.54) is 6.07 Å². The topological polar surface area (TPSA) is 21.3 Å². The molecule has 0 amide bonds. The average Bonchev–Trinajstić information content (AvgIpc) is 2.42. The van der Waals surface area contributed by atoms with Gasteiger partial charge in [-0.1, -0.05) is 31.2 Å². The summed E-state index contributed by atoms with van der Waals surface area (Å²) in [5.74, 6) is 0.602. The van der Waals surface area contributed by atoms with Crippen LogP contribution in [0.3, 0.4) is 0 Å². The van der Waals surface area contributed by atoms with Gasteiger partial charge < -0.3 is 10.1 Å². The zero-order valence-corrected chi connectivity index (χ0v) is 11.2. The molecule has 100 valence electrons. The van der Waals surface area contributed by atoms with E-state index in [0.717, 1.165) is 24.2 Å². The molecule has 0 heterocycles. The molecule has 2 aromatic carbocycles. The number of ether oxygens (including phenoxy) is 1. The Morgan fingerprint density at radius 2 is 1.89 bits per heavy atom. The summed E-state index contributed by atoms with van der Waals surface area (Å²) in [6, 6.07) is 12.4. The van der Waals surface area contributed by atoms with Gasteiger partial charge in [-0.3, -0.25) is 0 Å². The van der Waals surface area contributed by atoms with Gasteiger partial charge in [0, 0.05) is 6.54 Å². The molecule has 0 aliphatic heterocycles. The van der Waals surface area contributed by atoms with Crippen molar-refractivity contribution in [3.05, 3.63) is 59.4 Å². The Kier molecular flexibility index (Phi) is 4.53. The number of nitrogens with one attached hydrogen (secondary N) is 1. The number of aryl methyl sites for hydroxylation is 1. The molecule has 0 spiro atoms. The lowest BCUT2D eigenvalue weighted by atomic mass is 10.1. The molecular formula is C16H18FNO. The highest BCUT2D eigenvalue weighted by molar-refractivity contribution is 5.40. The Morgan fingerprint density at radius 3 is 2.63 bits per heavy atom. The molecule has 0 unspecified atom stereocenters. The zero-order chi connectivity index (χ0) is 13.7. The average molecular weight is 259 g/mol. The highest BCUT2D eigenvalue weighted by Crippen LogP contribution is 2.27. The fourth-order valence-corrected chi connectivity index (χ4v) is 1.78. The number of para-hydroxylation sites is 1. The normalized spacial score (nSPS) is 10.5. The monoisotopic (exact) mass is 259 g/mol. The summed E-state index contributed by atoms with van der Waals surface area (Å²) < 4.78 is 19.2. The van der Waals surface area contributed by atoms with Gasteiger partial charge in [0.25, 0.3) is 0 Å². The Labute approximate surface area is 113 Å². The van der Waals surface area contributed by atoms with Gasteiger partial charge in [0.2, 0.25) is 0 Å². The second kappa shape index (κ2) is 6.34. The van der Waals surface area contributed by atoms with Crippen LogP contribution in [0, 0.1) is 12.7 Å². The minimum atomic E-state index is -0.348. The van der Waals surface area contributed by atoms with Crippen molar-refractivity contribution in [2.45, 2.75) is 20.4 Å². The Balaban J connectivity index is 2.21. The van der Waals surface area contributed by atoms with E-state index in [-0.39, 0.29) is 11.6 Å². The van der Waals surface area contributed by atoms with Crippen molar-refractivity contribution in [1.82, 2.24) is 5.32 Å². The first-order chi connectivity index (χ1) is 9.20. The molecule has 0 radical (unpaired) electrons. The summed E-state index contributed by atoms with van der Waals surface area (Å²) in [5.41, 5.74) is 2.11. The van der Waals surface area contributed by atoms with Crippen molar-refractivity contribution < 1.29 is 9.13 Å². The highest BCUT2D eigenvalue weighted by Gasteiger charge is 2.06. The van der Waals surface area contributed by atoms with Crippen LogP contribution in [0.25, 0.3) is 0 Å². The van der Waals surface area contributed by atoms with Crippen LogP contribution in [0.4, 0.5) is 4.39 Å². The van der Waals surface area contributed by atoms with Gasteiger partial charge in [-0.2, -0.15) is 0 Å². The van der Waals surface area contributed by atoms with Crippen LogP contribution >= 0.6 is 0 Å². The molecule has 0 bridgehead atoms. The van der Waals surface area contributed by atoms with Gasteiger partial charge in [0.05, 0.1) is 0 Å². The summed E-state index contributed by atoms with van der Waals surface area (Å²) >= 11 is 0. The molecule has 0 saturated carbocycles. The van der Waals surface area contributed by atoms with Gasteiger partial charge in [-0.05, 0) is 42.8 Å². The summed E-state index contributed by atoms with van der Waals surface area (Å²) in [6.07, 6.45) is 0. The van der Waals surface area contributed by atoms with Crippen LogP contribution in [-0.2, 0) is 6.54 Å². The highest BCUT2D eigenvalue weighted by atomic mass is 19.1. The van der Waals surface area contributed by atoms with E-state index in [1.54, 1.807) is 18.2 Å². The lowest BCUT2D eigenvalue weighted by Gasteiger charge is -2.11. The van der Waals surface area contributed by atoms with Gasteiger partial charge in [-0.15, -0.1) is 0 Å². The van der Waals surface area contributed by atoms with E-state index in [9.17, 15) is 4.39 Å². The van der Waals surface area contributed by atoms with Crippen LogP contribution in [0.1, 0.15) is 18.1 Å². The first-order valence-electron chi connectivity index (χ1n) is 6.43. The van der Waals surface area contributed by atoms with E-state index in [4.69, 9.17) is 4.74 Å². The van der Waals surface area contributed by atoms with Crippen LogP contribution in [0.15, 0.2) is 42.5 Å². The maximum Gasteiger partial charge on any atom is 0.165 e. The van der Waals surface area contributed by atoms with Gasteiger partial charge in [-0.25, -0.2) is 4.39 Å². The third-order valence-electron chi connectivity index (χ3n) is 2.89. The third-order valence-corrected chi connectivity index (χ3v) is 2.89. The standard InChI is InChI=1S/C16H18FNO/c1-3-18-11-13-9-8-12(2)16(10-13)19-15-7-5-4-6-14(15)17/h4-10,18H,3,11H2,1-2H3. The number of halogens is 1. The molecule has 19 heavy (non-hydrogen) atoms. The molecule has 2 rings (SSSR count).